The molecular weight excluding hydrogens is 296 g/mol. The summed E-state index contributed by atoms with van der Waals surface area (Å²) >= 11 is 0. The number of aromatic nitrogens is 1. The summed E-state index contributed by atoms with van der Waals surface area (Å²) in [5.74, 6) is 0.200. The summed E-state index contributed by atoms with van der Waals surface area (Å²) in [5.41, 5.74) is 0.859. The Hall–Kier alpha value is -3.15. The fourth-order valence-electron chi connectivity index (χ4n) is 2.24. The van der Waals surface area contributed by atoms with Crippen LogP contribution in [-0.2, 0) is 6.54 Å². The number of benzene rings is 1. The summed E-state index contributed by atoms with van der Waals surface area (Å²) in [6, 6.07) is 9.81. The van der Waals surface area contributed by atoms with Crippen LogP contribution in [0.3, 0.4) is 0 Å². The van der Waals surface area contributed by atoms with E-state index < -0.39 is 5.63 Å². The molecule has 3 rings (SSSR count). The van der Waals surface area contributed by atoms with E-state index in [2.05, 4.69) is 10.3 Å². The maximum absolute atomic E-state index is 12.4. The Balaban J connectivity index is 1.92. The van der Waals surface area contributed by atoms with Gasteiger partial charge in [0.1, 0.15) is 11.3 Å². The summed E-state index contributed by atoms with van der Waals surface area (Å²) in [6.45, 7) is 0.324. The summed E-state index contributed by atoms with van der Waals surface area (Å²) in [4.78, 5) is 28.1. The monoisotopic (exact) mass is 310 g/mol. The number of nitrogens with one attached hydrogen (secondary N) is 1. The topological polar surface area (TPSA) is 81.4 Å². The molecule has 0 aliphatic heterocycles. The van der Waals surface area contributed by atoms with Crippen LogP contribution in [0.2, 0.25) is 0 Å². The minimum Gasteiger partial charge on any atom is -0.497 e. The lowest BCUT2D eigenvalue weighted by Crippen LogP contribution is -2.24. The first-order chi connectivity index (χ1) is 11.2. The average Bonchev–Trinajstić information content (AvgIpc) is 2.59. The zero-order chi connectivity index (χ0) is 16.2. The lowest BCUT2D eigenvalue weighted by molar-refractivity contribution is 0.0952. The molecule has 1 aromatic carbocycles. The molecule has 6 heteroatoms. The van der Waals surface area contributed by atoms with Crippen molar-refractivity contribution in [3.63, 3.8) is 0 Å². The van der Waals surface area contributed by atoms with Crippen LogP contribution in [-0.4, -0.2) is 18.0 Å². The number of methoxy groups -OCH3 is 1. The van der Waals surface area contributed by atoms with Gasteiger partial charge in [0, 0.05) is 36.5 Å². The molecule has 0 spiro atoms. The standard InChI is InChI=1S/C17H14N2O4/c1-22-12-4-5-13-14(8-16(20)23-15(13)7-12)17(21)19-10-11-3-2-6-18-9-11/h2-9H,10H2,1H3,(H,19,21). The van der Waals surface area contributed by atoms with Crippen LogP contribution in [0.5, 0.6) is 5.75 Å². The van der Waals surface area contributed by atoms with Gasteiger partial charge in [0.2, 0.25) is 0 Å². The lowest BCUT2D eigenvalue weighted by Gasteiger charge is -2.08. The highest BCUT2D eigenvalue weighted by molar-refractivity contribution is 6.05. The van der Waals surface area contributed by atoms with Crippen LogP contribution < -0.4 is 15.7 Å². The van der Waals surface area contributed by atoms with Crippen molar-refractivity contribution in [1.82, 2.24) is 10.3 Å². The van der Waals surface area contributed by atoms with E-state index in [1.165, 1.54) is 13.2 Å². The van der Waals surface area contributed by atoms with Crippen LogP contribution in [0.1, 0.15) is 15.9 Å². The zero-order valence-electron chi connectivity index (χ0n) is 12.4. The van der Waals surface area contributed by atoms with E-state index in [1.54, 1.807) is 36.7 Å². The van der Waals surface area contributed by atoms with Gasteiger partial charge < -0.3 is 14.5 Å². The largest absolute Gasteiger partial charge is 0.497 e. The van der Waals surface area contributed by atoms with Crippen LogP contribution in [0, 0.1) is 0 Å². The highest BCUT2D eigenvalue weighted by atomic mass is 16.5. The van der Waals surface area contributed by atoms with Crippen LogP contribution >= 0.6 is 0 Å². The summed E-state index contributed by atoms with van der Waals surface area (Å²) in [7, 11) is 1.52. The van der Waals surface area contributed by atoms with E-state index >= 15 is 0 Å². The van der Waals surface area contributed by atoms with Gasteiger partial charge in [-0.3, -0.25) is 9.78 Å². The smallest absolute Gasteiger partial charge is 0.337 e. The van der Waals surface area contributed by atoms with E-state index in [1.807, 2.05) is 6.07 Å². The van der Waals surface area contributed by atoms with E-state index in [0.29, 0.717) is 23.3 Å². The molecule has 0 unspecified atom stereocenters. The van der Waals surface area contributed by atoms with Gasteiger partial charge >= 0.3 is 5.63 Å². The van der Waals surface area contributed by atoms with Crippen LogP contribution in [0.15, 0.2) is 58.0 Å². The number of carbonyl (C=O) groups excluding carboxylic acids is 1. The van der Waals surface area contributed by atoms with Gasteiger partial charge in [-0.05, 0) is 23.8 Å². The number of carbonyl (C=O) groups is 1. The molecule has 3 aromatic rings. The molecule has 0 saturated heterocycles. The van der Waals surface area contributed by atoms with Gasteiger partial charge in [0.15, 0.2) is 0 Å². The molecule has 0 bridgehead atoms. The second-order valence-corrected chi connectivity index (χ2v) is 4.89. The van der Waals surface area contributed by atoms with Crippen LogP contribution in [0.25, 0.3) is 11.0 Å². The van der Waals surface area contributed by atoms with Crippen molar-refractivity contribution in [2.45, 2.75) is 6.54 Å². The molecule has 1 N–H and O–H groups in total. The van der Waals surface area contributed by atoms with Crippen molar-refractivity contribution in [2.24, 2.45) is 0 Å². The Morgan fingerprint density at radius 3 is 2.91 bits per heavy atom. The van der Waals surface area contributed by atoms with E-state index in [0.717, 1.165) is 5.56 Å². The number of fused-ring (bicyclic) bond motifs is 1. The molecule has 0 saturated carbocycles. The second kappa shape index (κ2) is 6.31. The van der Waals surface area contributed by atoms with Gasteiger partial charge in [-0.15, -0.1) is 0 Å². The zero-order valence-corrected chi connectivity index (χ0v) is 12.4. The number of ether oxygens (including phenoxy) is 1. The Labute approximate surface area is 131 Å². The highest BCUT2D eigenvalue weighted by Crippen LogP contribution is 2.22. The first kappa shape index (κ1) is 14.8. The van der Waals surface area contributed by atoms with Crippen molar-refractivity contribution >= 4 is 16.9 Å². The fraction of sp³-hybridized carbons (Fsp3) is 0.118. The number of pyridine rings is 1. The Kier molecular flexibility index (Phi) is 4.05. The Morgan fingerprint density at radius 2 is 2.17 bits per heavy atom. The normalized spacial score (nSPS) is 10.5. The third-order valence-corrected chi connectivity index (χ3v) is 3.37. The molecule has 2 heterocycles. The predicted octanol–water partition coefficient (Wildman–Crippen LogP) is 2.13. The fourth-order valence-corrected chi connectivity index (χ4v) is 2.24. The molecule has 23 heavy (non-hydrogen) atoms. The van der Waals surface area contributed by atoms with Crippen molar-refractivity contribution in [3.8, 4) is 5.75 Å². The van der Waals surface area contributed by atoms with Gasteiger partial charge in [0.05, 0.1) is 12.7 Å². The molecule has 6 nitrogen and oxygen atoms in total. The number of nitrogens with zero attached hydrogens (tertiary/aromatic N) is 1. The first-order valence-corrected chi connectivity index (χ1v) is 6.96. The number of amides is 1. The average molecular weight is 310 g/mol. The van der Waals surface area contributed by atoms with Crippen molar-refractivity contribution in [1.29, 1.82) is 0 Å². The van der Waals surface area contributed by atoms with Gasteiger partial charge in [-0.25, -0.2) is 4.79 Å². The minimum atomic E-state index is -0.586. The second-order valence-electron chi connectivity index (χ2n) is 4.89. The molecular formula is C17H14N2O4. The van der Waals surface area contributed by atoms with E-state index in [4.69, 9.17) is 9.15 Å². The van der Waals surface area contributed by atoms with Crippen LogP contribution in [0.4, 0.5) is 0 Å². The predicted molar refractivity (Wildman–Crippen MR) is 84.4 cm³/mol. The van der Waals surface area contributed by atoms with Crippen molar-refractivity contribution in [3.05, 3.63) is 70.3 Å². The van der Waals surface area contributed by atoms with Gasteiger partial charge in [-0.2, -0.15) is 0 Å². The number of hydrogen-bond acceptors (Lipinski definition) is 5. The van der Waals surface area contributed by atoms with E-state index in [-0.39, 0.29) is 11.5 Å². The third kappa shape index (κ3) is 3.21. The molecule has 0 fully saturated rings. The molecule has 0 aliphatic rings. The van der Waals surface area contributed by atoms with Gasteiger partial charge in [0.25, 0.3) is 5.91 Å². The molecule has 1 amide bonds. The number of hydrogen-bond donors (Lipinski definition) is 1. The first-order valence-electron chi connectivity index (χ1n) is 6.96. The van der Waals surface area contributed by atoms with Crippen molar-refractivity contribution in [2.75, 3.05) is 7.11 Å². The minimum absolute atomic E-state index is 0.266. The SMILES string of the molecule is COc1ccc2c(C(=O)NCc3cccnc3)cc(=O)oc2c1. The molecule has 116 valence electrons. The highest BCUT2D eigenvalue weighted by Gasteiger charge is 2.13. The maximum atomic E-state index is 12.4. The van der Waals surface area contributed by atoms with E-state index in [9.17, 15) is 9.59 Å². The molecule has 0 aliphatic carbocycles. The Bertz CT molecular complexity index is 903. The quantitative estimate of drug-likeness (QED) is 0.747. The Morgan fingerprint density at radius 1 is 1.30 bits per heavy atom. The molecule has 0 atom stereocenters. The summed E-state index contributed by atoms with van der Waals surface area (Å²) in [6.07, 6.45) is 3.33. The summed E-state index contributed by atoms with van der Waals surface area (Å²) < 4.78 is 10.2. The van der Waals surface area contributed by atoms with Gasteiger partial charge in [-0.1, -0.05) is 6.07 Å². The van der Waals surface area contributed by atoms with Crippen molar-refractivity contribution < 1.29 is 13.9 Å². The third-order valence-electron chi connectivity index (χ3n) is 3.37. The molecule has 0 radical (unpaired) electrons. The number of rotatable bonds is 4. The lowest BCUT2D eigenvalue weighted by atomic mass is 10.1. The molecule has 2 aromatic heterocycles. The summed E-state index contributed by atoms with van der Waals surface area (Å²) in [5, 5.41) is 3.32. The maximum Gasteiger partial charge on any atom is 0.337 e.